The predicted molar refractivity (Wildman–Crippen MR) is 77.7 cm³/mol. The van der Waals surface area contributed by atoms with Gasteiger partial charge in [-0.2, -0.15) is 0 Å². The van der Waals surface area contributed by atoms with Crippen molar-refractivity contribution in [2.45, 2.75) is 32.9 Å². The minimum Gasteiger partial charge on any atom is -0.480 e. The van der Waals surface area contributed by atoms with Gasteiger partial charge in [0.1, 0.15) is 6.04 Å². The Labute approximate surface area is 118 Å². The van der Waals surface area contributed by atoms with Crippen LogP contribution in [0.25, 0.3) is 0 Å². The third-order valence-corrected chi connectivity index (χ3v) is 5.02. The van der Waals surface area contributed by atoms with E-state index in [1.807, 2.05) is 18.4 Å². The van der Waals surface area contributed by atoms with Gasteiger partial charge in [0.05, 0.1) is 0 Å². The van der Waals surface area contributed by atoms with E-state index in [9.17, 15) is 9.90 Å². The summed E-state index contributed by atoms with van der Waals surface area (Å²) in [7, 11) is 0. The van der Waals surface area contributed by atoms with E-state index in [-0.39, 0.29) is 0 Å². The maximum atomic E-state index is 11.7. The molecule has 0 bridgehead atoms. The fourth-order valence-corrected chi connectivity index (χ4v) is 3.88. The van der Waals surface area contributed by atoms with Crippen LogP contribution in [0.15, 0.2) is 11.4 Å². The van der Waals surface area contributed by atoms with Gasteiger partial charge in [-0.25, -0.2) is 0 Å². The van der Waals surface area contributed by atoms with Crippen molar-refractivity contribution in [1.29, 1.82) is 0 Å². The summed E-state index contributed by atoms with van der Waals surface area (Å²) in [5, 5.41) is 11.6. The zero-order valence-electron chi connectivity index (χ0n) is 11.8. The molecule has 19 heavy (non-hydrogen) atoms. The quantitative estimate of drug-likeness (QED) is 0.919. The minimum absolute atomic E-state index is 0.417. The van der Waals surface area contributed by atoms with Crippen LogP contribution in [0.5, 0.6) is 0 Å². The number of hydrogen-bond donors (Lipinski definition) is 1. The fourth-order valence-electron chi connectivity index (χ4n) is 2.83. The van der Waals surface area contributed by atoms with Crippen molar-refractivity contribution in [2.75, 3.05) is 26.2 Å². The largest absolute Gasteiger partial charge is 0.480 e. The van der Waals surface area contributed by atoms with Crippen LogP contribution in [0.1, 0.15) is 30.3 Å². The summed E-state index contributed by atoms with van der Waals surface area (Å²) in [6.07, 6.45) is 0. The van der Waals surface area contributed by atoms with Crippen molar-refractivity contribution in [3.63, 3.8) is 0 Å². The van der Waals surface area contributed by atoms with E-state index < -0.39 is 12.0 Å². The van der Waals surface area contributed by atoms with Crippen LogP contribution in [0.4, 0.5) is 0 Å². The molecule has 1 aromatic heterocycles. The number of aliphatic carboxylic acids is 1. The molecule has 1 aliphatic heterocycles. The molecule has 0 aromatic carbocycles. The molecule has 0 saturated carbocycles. The zero-order chi connectivity index (χ0) is 14.0. The van der Waals surface area contributed by atoms with Crippen LogP contribution >= 0.6 is 11.3 Å². The number of likely N-dealkylation sites (N-methyl/N-ethyl adjacent to an activating group) is 1. The SMILES string of the molecule is CCN1CCN(C(C(=O)O)c2sccc2C)CC1C. The van der Waals surface area contributed by atoms with Gasteiger partial charge in [0, 0.05) is 30.6 Å². The molecule has 1 saturated heterocycles. The molecule has 1 aromatic rings. The molecule has 0 aliphatic carbocycles. The molecule has 1 N–H and O–H groups in total. The van der Waals surface area contributed by atoms with E-state index in [4.69, 9.17) is 0 Å². The molecule has 1 aliphatic rings. The van der Waals surface area contributed by atoms with Crippen LogP contribution in [-0.2, 0) is 4.79 Å². The van der Waals surface area contributed by atoms with Gasteiger partial charge in [-0.15, -0.1) is 11.3 Å². The highest BCUT2D eigenvalue weighted by molar-refractivity contribution is 7.10. The number of aryl methyl sites for hydroxylation is 1. The van der Waals surface area contributed by atoms with Gasteiger partial charge in [0.15, 0.2) is 0 Å². The number of carboxylic acids is 1. The Morgan fingerprint density at radius 3 is 2.79 bits per heavy atom. The van der Waals surface area contributed by atoms with Crippen LogP contribution in [0, 0.1) is 6.92 Å². The number of hydrogen-bond acceptors (Lipinski definition) is 4. The van der Waals surface area contributed by atoms with Crippen LogP contribution in [0.3, 0.4) is 0 Å². The number of carbonyl (C=O) groups is 1. The summed E-state index contributed by atoms with van der Waals surface area (Å²) in [5.74, 6) is -0.734. The zero-order valence-corrected chi connectivity index (χ0v) is 12.6. The highest BCUT2D eigenvalue weighted by atomic mass is 32.1. The van der Waals surface area contributed by atoms with Crippen LogP contribution in [-0.4, -0.2) is 53.1 Å². The predicted octanol–water partition coefficient (Wildman–Crippen LogP) is 2.21. The van der Waals surface area contributed by atoms with E-state index in [0.717, 1.165) is 36.6 Å². The third-order valence-electron chi connectivity index (χ3n) is 3.95. The number of piperazine rings is 1. The van der Waals surface area contributed by atoms with Crippen LogP contribution < -0.4 is 0 Å². The molecule has 0 amide bonds. The second-order valence-electron chi connectivity index (χ2n) is 5.18. The van der Waals surface area contributed by atoms with Gasteiger partial charge in [0.2, 0.25) is 0 Å². The molecule has 0 radical (unpaired) electrons. The number of nitrogens with zero attached hydrogens (tertiary/aromatic N) is 2. The molecule has 106 valence electrons. The molecular weight excluding hydrogens is 260 g/mol. The summed E-state index contributed by atoms with van der Waals surface area (Å²) < 4.78 is 0. The first-order valence-electron chi connectivity index (χ1n) is 6.79. The van der Waals surface area contributed by atoms with Crippen molar-refractivity contribution < 1.29 is 9.90 Å². The second-order valence-corrected chi connectivity index (χ2v) is 6.13. The van der Waals surface area contributed by atoms with Gasteiger partial charge in [-0.1, -0.05) is 6.92 Å². The Morgan fingerprint density at radius 1 is 1.58 bits per heavy atom. The highest BCUT2D eigenvalue weighted by Crippen LogP contribution is 2.30. The van der Waals surface area contributed by atoms with Crippen LogP contribution in [0.2, 0.25) is 0 Å². The molecule has 2 atom stereocenters. The Balaban J connectivity index is 2.18. The first-order chi connectivity index (χ1) is 9.04. The Hall–Kier alpha value is -0.910. The van der Waals surface area contributed by atoms with Crippen molar-refractivity contribution >= 4 is 17.3 Å². The summed E-state index contributed by atoms with van der Waals surface area (Å²) in [5.41, 5.74) is 1.09. The first-order valence-corrected chi connectivity index (χ1v) is 7.67. The monoisotopic (exact) mass is 282 g/mol. The lowest BCUT2D eigenvalue weighted by atomic mass is 10.1. The van der Waals surface area contributed by atoms with Gasteiger partial charge in [0.25, 0.3) is 0 Å². The molecule has 2 rings (SSSR count). The van der Waals surface area contributed by atoms with Crippen molar-refractivity contribution in [3.8, 4) is 0 Å². The lowest BCUT2D eigenvalue weighted by molar-refractivity contribution is -0.144. The van der Waals surface area contributed by atoms with Gasteiger partial charge in [-0.3, -0.25) is 14.6 Å². The van der Waals surface area contributed by atoms with E-state index >= 15 is 0 Å². The summed E-state index contributed by atoms with van der Waals surface area (Å²) in [6.45, 7) is 9.96. The number of thiophene rings is 1. The Bertz CT molecular complexity index is 446. The van der Waals surface area contributed by atoms with Gasteiger partial charge < -0.3 is 5.11 Å². The van der Waals surface area contributed by atoms with E-state index in [1.165, 1.54) is 0 Å². The molecule has 0 spiro atoms. The smallest absolute Gasteiger partial charge is 0.326 e. The molecular formula is C14H22N2O2S. The summed E-state index contributed by atoms with van der Waals surface area (Å²) in [6, 6.07) is 1.93. The molecule has 5 heteroatoms. The summed E-state index contributed by atoms with van der Waals surface area (Å²) in [4.78, 5) is 17.1. The maximum absolute atomic E-state index is 11.7. The minimum atomic E-state index is -0.734. The molecule has 1 fully saturated rings. The Kier molecular flexibility index (Phi) is 4.60. The first kappa shape index (κ1) is 14.5. The number of carboxylic acid groups (broad SMARTS) is 1. The lowest BCUT2D eigenvalue weighted by Gasteiger charge is -2.41. The molecule has 2 heterocycles. The molecule has 4 nitrogen and oxygen atoms in total. The fraction of sp³-hybridized carbons (Fsp3) is 0.643. The van der Waals surface area contributed by atoms with Gasteiger partial charge in [-0.05, 0) is 37.4 Å². The lowest BCUT2D eigenvalue weighted by Crippen LogP contribution is -2.53. The average Bonchev–Trinajstić information content (AvgIpc) is 2.76. The van der Waals surface area contributed by atoms with E-state index in [2.05, 4.69) is 23.6 Å². The maximum Gasteiger partial charge on any atom is 0.326 e. The average molecular weight is 282 g/mol. The third kappa shape index (κ3) is 2.99. The van der Waals surface area contributed by atoms with Gasteiger partial charge >= 0.3 is 5.97 Å². The topological polar surface area (TPSA) is 43.8 Å². The highest BCUT2D eigenvalue weighted by Gasteiger charge is 2.34. The molecule has 2 unspecified atom stereocenters. The summed E-state index contributed by atoms with van der Waals surface area (Å²) >= 11 is 1.55. The van der Waals surface area contributed by atoms with E-state index in [0.29, 0.717) is 6.04 Å². The van der Waals surface area contributed by atoms with Crippen molar-refractivity contribution in [1.82, 2.24) is 9.80 Å². The van der Waals surface area contributed by atoms with E-state index in [1.54, 1.807) is 11.3 Å². The Morgan fingerprint density at radius 2 is 2.32 bits per heavy atom. The van der Waals surface area contributed by atoms with Crippen molar-refractivity contribution in [2.24, 2.45) is 0 Å². The second kappa shape index (κ2) is 6.03. The normalized spacial score (nSPS) is 23.4. The number of rotatable bonds is 4. The van der Waals surface area contributed by atoms with Crippen molar-refractivity contribution in [3.05, 3.63) is 21.9 Å². The standard InChI is InChI=1S/C14H22N2O2S/c1-4-15-6-7-16(9-11(15)3)12(14(17)18)13-10(2)5-8-19-13/h5,8,11-12H,4,6-7,9H2,1-3H3,(H,17,18).